The second kappa shape index (κ2) is 6.22. The molecule has 0 spiro atoms. The summed E-state index contributed by atoms with van der Waals surface area (Å²) in [5.41, 5.74) is 0.744. The van der Waals surface area contributed by atoms with Crippen molar-refractivity contribution in [2.75, 3.05) is 0 Å². The van der Waals surface area contributed by atoms with Crippen LogP contribution in [0.5, 0.6) is 5.75 Å². The van der Waals surface area contributed by atoms with Crippen LogP contribution in [0.15, 0.2) is 18.2 Å². The average molecular weight is 265 g/mol. The van der Waals surface area contributed by atoms with Crippen molar-refractivity contribution >= 4 is 11.9 Å². The van der Waals surface area contributed by atoms with Crippen LogP contribution in [0, 0.1) is 6.92 Å². The number of amides is 1. The molecule has 0 aromatic heterocycles. The molecule has 0 saturated carbocycles. The Morgan fingerprint density at radius 3 is 2.42 bits per heavy atom. The number of carboxylic acid groups (broad SMARTS) is 1. The van der Waals surface area contributed by atoms with Gasteiger partial charge in [-0.2, -0.15) is 0 Å². The first-order chi connectivity index (χ1) is 8.82. The molecule has 0 bridgehead atoms. The second-order valence-corrected chi connectivity index (χ2v) is 4.68. The van der Waals surface area contributed by atoms with Crippen LogP contribution in [0.4, 0.5) is 0 Å². The van der Waals surface area contributed by atoms with E-state index in [0.717, 1.165) is 0 Å². The Kier molecular flexibility index (Phi) is 4.92. The van der Waals surface area contributed by atoms with Gasteiger partial charge in [0.15, 0.2) is 6.10 Å². The predicted octanol–water partition coefficient (Wildman–Crippen LogP) is 1.99. The Morgan fingerprint density at radius 1 is 1.26 bits per heavy atom. The lowest BCUT2D eigenvalue weighted by atomic mass is 10.1. The van der Waals surface area contributed by atoms with Crippen LogP contribution >= 0.6 is 0 Å². The van der Waals surface area contributed by atoms with Gasteiger partial charge in [0.25, 0.3) is 5.91 Å². The number of carbonyl (C=O) groups excluding carboxylic acids is 1. The van der Waals surface area contributed by atoms with Crippen molar-refractivity contribution in [1.29, 1.82) is 0 Å². The normalized spacial score (nSPS) is 12.1. The Balaban J connectivity index is 2.93. The summed E-state index contributed by atoms with van der Waals surface area (Å²) >= 11 is 0. The van der Waals surface area contributed by atoms with Crippen LogP contribution < -0.4 is 10.1 Å². The fraction of sp³-hybridized carbons (Fsp3) is 0.429. The fourth-order valence-electron chi connectivity index (χ4n) is 1.61. The predicted molar refractivity (Wildman–Crippen MR) is 71.5 cm³/mol. The molecule has 1 atom stereocenters. The van der Waals surface area contributed by atoms with E-state index in [9.17, 15) is 9.59 Å². The van der Waals surface area contributed by atoms with E-state index >= 15 is 0 Å². The fourth-order valence-corrected chi connectivity index (χ4v) is 1.61. The number of benzene rings is 1. The average Bonchev–Trinajstić information content (AvgIpc) is 2.30. The van der Waals surface area contributed by atoms with Gasteiger partial charge in [0, 0.05) is 6.04 Å². The molecule has 0 aliphatic rings. The highest BCUT2D eigenvalue weighted by Gasteiger charge is 2.20. The minimum absolute atomic E-state index is 0.00867. The van der Waals surface area contributed by atoms with Gasteiger partial charge in [0.1, 0.15) is 11.3 Å². The van der Waals surface area contributed by atoms with Crippen molar-refractivity contribution < 1.29 is 19.4 Å². The maximum absolute atomic E-state index is 11.8. The SMILES string of the molecule is Cc1cccc(C(=O)O)c1OC(C)C(=O)NC(C)C. The molecule has 104 valence electrons. The number of ether oxygens (including phenoxy) is 1. The number of nitrogens with one attached hydrogen (secondary N) is 1. The van der Waals surface area contributed by atoms with Crippen molar-refractivity contribution in [2.24, 2.45) is 0 Å². The number of carboxylic acids is 1. The first kappa shape index (κ1) is 15.0. The molecule has 1 rings (SSSR count). The Bertz CT molecular complexity index is 482. The van der Waals surface area contributed by atoms with E-state index in [-0.39, 0.29) is 23.3 Å². The molecule has 2 N–H and O–H groups in total. The standard InChI is InChI=1S/C14H19NO4/c1-8(2)15-13(16)10(4)19-12-9(3)6-5-7-11(12)14(17)18/h5-8,10H,1-4H3,(H,15,16)(H,17,18). The minimum atomic E-state index is -1.07. The van der Waals surface area contributed by atoms with E-state index < -0.39 is 12.1 Å². The lowest BCUT2D eigenvalue weighted by Crippen LogP contribution is -2.40. The smallest absolute Gasteiger partial charge is 0.339 e. The van der Waals surface area contributed by atoms with Gasteiger partial charge in [0.2, 0.25) is 0 Å². The number of hydrogen-bond donors (Lipinski definition) is 2. The highest BCUT2D eigenvalue weighted by atomic mass is 16.5. The molecule has 5 heteroatoms. The van der Waals surface area contributed by atoms with Gasteiger partial charge < -0.3 is 15.2 Å². The summed E-state index contributed by atoms with van der Waals surface area (Å²) in [6, 6.07) is 4.85. The lowest BCUT2D eigenvalue weighted by Gasteiger charge is -2.19. The third-order valence-electron chi connectivity index (χ3n) is 2.54. The molecule has 5 nitrogen and oxygen atoms in total. The molecule has 19 heavy (non-hydrogen) atoms. The number of aryl methyl sites for hydroxylation is 1. The van der Waals surface area contributed by atoms with E-state index in [1.807, 2.05) is 13.8 Å². The molecule has 1 unspecified atom stereocenters. The summed E-state index contributed by atoms with van der Waals surface area (Å²) < 4.78 is 5.51. The molecule has 0 fully saturated rings. The summed E-state index contributed by atoms with van der Waals surface area (Å²) in [6.45, 7) is 7.03. The van der Waals surface area contributed by atoms with E-state index in [1.54, 1.807) is 26.0 Å². The van der Waals surface area contributed by atoms with Crippen LogP contribution in [0.1, 0.15) is 36.7 Å². The van der Waals surface area contributed by atoms with Crippen molar-refractivity contribution in [3.8, 4) is 5.75 Å². The highest BCUT2D eigenvalue weighted by Crippen LogP contribution is 2.24. The topological polar surface area (TPSA) is 75.6 Å². The Labute approximate surface area is 112 Å². The number of aromatic carboxylic acids is 1. The molecular weight excluding hydrogens is 246 g/mol. The van der Waals surface area contributed by atoms with E-state index in [2.05, 4.69) is 5.32 Å². The second-order valence-electron chi connectivity index (χ2n) is 4.68. The molecule has 1 amide bonds. The maximum atomic E-state index is 11.8. The molecule has 0 radical (unpaired) electrons. The quantitative estimate of drug-likeness (QED) is 0.853. The number of carbonyl (C=O) groups is 2. The van der Waals surface area contributed by atoms with Crippen LogP contribution in [-0.4, -0.2) is 29.1 Å². The monoisotopic (exact) mass is 265 g/mol. The minimum Gasteiger partial charge on any atom is -0.480 e. The van der Waals surface area contributed by atoms with Gasteiger partial charge in [-0.1, -0.05) is 12.1 Å². The van der Waals surface area contributed by atoms with E-state index in [0.29, 0.717) is 5.56 Å². The van der Waals surface area contributed by atoms with Crippen LogP contribution in [-0.2, 0) is 4.79 Å². The molecule has 0 aliphatic heterocycles. The maximum Gasteiger partial charge on any atom is 0.339 e. The summed E-state index contributed by atoms with van der Waals surface area (Å²) in [7, 11) is 0. The number of para-hydroxylation sites is 1. The first-order valence-electron chi connectivity index (χ1n) is 6.13. The third kappa shape index (κ3) is 3.98. The van der Waals surface area contributed by atoms with Crippen LogP contribution in [0.3, 0.4) is 0 Å². The van der Waals surface area contributed by atoms with E-state index in [4.69, 9.17) is 9.84 Å². The zero-order chi connectivity index (χ0) is 14.6. The molecule has 0 heterocycles. The van der Waals surface area contributed by atoms with Crippen LogP contribution in [0.2, 0.25) is 0 Å². The Hall–Kier alpha value is -2.04. The van der Waals surface area contributed by atoms with Crippen molar-refractivity contribution in [1.82, 2.24) is 5.32 Å². The third-order valence-corrected chi connectivity index (χ3v) is 2.54. The van der Waals surface area contributed by atoms with Gasteiger partial charge in [-0.3, -0.25) is 4.79 Å². The summed E-state index contributed by atoms with van der Waals surface area (Å²) in [5.74, 6) is -1.11. The van der Waals surface area contributed by atoms with Crippen molar-refractivity contribution in [3.05, 3.63) is 29.3 Å². The summed E-state index contributed by atoms with van der Waals surface area (Å²) in [6.07, 6.45) is -0.749. The van der Waals surface area contributed by atoms with Crippen molar-refractivity contribution in [3.63, 3.8) is 0 Å². The van der Waals surface area contributed by atoms with Gasteiger partial charge in [0.05, 0.1) is 0 Å². The first-order valence-corrected chi connectivity index (χ1v) is 6.13. The molecule has 0 saturated heterocycles. The van der Waals surface area contributed by atoms with Gasteiger partial charge in [-0.25, -0.2) is 4.79 Å². The summed E-state index contributed by atoms with van der Waals surface area (Å²) in [5, 5.41) is 11.8. The zero-order valence-electron chi connectivity index (χ0n) is 11.6. The van der Waals surface area contributed by atoms with E-state index in [1.165, 1.54) is 6.07 Å². The molecule has 1 aromatic carbocycles. The number of hydrogen-bond acceptors (Lipinski definition) is 3. The summed E-state index contributed by atoms with van der Waals surface area (Å²) in [4.78, 5) is 22.9. The molecular formula is C14H19NO4. The Morgan fingerprint density at radius 2 is 1.89 bits per heavy atom. The lowest BCUT2D eigenvalue weighted by molar-refractivity contribution is -0.127. The molecule has 0 aliphatic carbocycles. The number of rotatable bonds is 5. The van der Waals surface area contributed by atoms with Crippen molar-refractivity contribution in [2.45, 2.75) is 39.8 Å². The van der Waals surface area contributed by atoms with Crippen LogP contribution in [0.25, 0.3) is 0 Å². The van der Waals surface area contributed by atoms with Gasteiger partial charge in [-0.05, 0) is 39.3 Å². The van der Waals surface area contributed by atoms with Gasteiger partial charge in [-0.15, -0.1) is 0 Å². The molecule has 1 aromatic rings. The largest absolute Gasteiger partial charge is 0.480 e. The van der Waals surface area contributed by atoms with Gasteiger partial charge >= 0.3 is 5.97 Å². The zero-order valence-corrected chi connectivity index (χ0v) is 11.6. The highest BCUT2D eigenvalue weighted by molar-refractivity contribution is 5.91.